The maximum atomic E-state index is 10.6. The zero-order valence-corrected chi connectivity index (χ0v) is 12.7. The Balaban J connectivity index is 1.98. The molecule has 2 rings (SSSR count). The molecule has 0 aliphatic carbocycles. The molecule has 0 saturated carbocycles. The molecule has 2 aromatic rings. The van der Waals surface area contributed by atoms with Crippen molar-refractivity contribution in [3.63, 3.8) is 0 Å². The highest BCUT2D eigenvalue weighted by Gasteiger charge is 2.12. The monoisotopic (exact) mass is 340 g/mol. The van der Waals surface area contributed by atoms with Gasteiger partial charge in [0.15, 0.2) is 0 Å². The lowest BCUT2D eigenvalue weighted by Crippen LogP contribution is -2.18. The van der Waals surface area contributed by atoms with Gasteiger partial charge in [0, 0.05) is 28.5 Å². The molecular formula is C13H13BrN2O2S. The summed E-state index contributed by atoms with van der Waals surface area (Å²) in [6, 6.07) is 9.82. The normalized spacial score (nSPS) is 12.3. The van der Waals surface area contributed by atoms with E-state index in [4.69, 9.17) is 0 Å². The summed E-state index contributed by atoms with van der Waals surface area (Å²) < 4.78 is 1.06. The van der Waals surface area contributed by atoms with Crippen molar-refractivity contribution >= 4 is 32.3 Å². The molecule has 1 aromatic heterocycles. The predicted molar refractivity (Wildman–Crippen MR) is 80.4 cm³/mol. The first-order valence-electron chi connectivity index (χ1n) is 5.77. The van der Waals surface area contributed by atoms with Crippen molar-refractivity contribution in [3.8, 4) is 0 Å². The SMILES string of the molecule is CC(NCc1csc([N+](=O)[O-])c1)c1ccccc1Br. The summed E-state index contributed by atoms with van der Waals surface area (Å²) in [7, 11) is 0. The Morgan fingerprint density at radius 1 is 1.47 bits per heavy atom. The fraction of sp³-hybridized carbons (Fsp3) is 0.231. The van der Waals surface area contributed by atoms with Crippen LogP contribution in [-0.4, -0.2) is 4.92 Å². The maximum Gasteiger partial charge on any atom is 0.324 e. The van der Waals surface area contributed by atoms with Gasteiger partial charge in [0.05, 0.1) is 4.92 Å². The molecule has 1 N–H and O–H groups in total. The van der Waals surface area contributed by atoms with E-state index >= 15 is 0 Å². The van der Waals surface area contributed by atoms with Crippen LogP contribution in [0.4, 0.5) is 5.00 Å². The molecule has 0 aliphatic heterocycles. The van der Waals surface area contributed by atoms with Gasteiger partial charge < -0.3 is 5.32 Å². The summed E-state index contributed by atoms with van der Waals surface area (Å²) in [5.74, 6) is 0. The average Bonchev–Trinajstić information content (AvgIpc) is 2.85. The molecule has 0 spiro atoms. The molecule has 1 aromatic carbocycles. The first kappa shape index (κ1) is 14.2. The van der Waals surface area contributed by atoms with E-state index in [-0.39, 0.29) is 16.0 Å². The average molecular weight is 341 g/mol. The summed E-state index contributed by atoms with van der Waals surface area (Å²) >= 11 is 4.68. The number of rotatable bonds is 5. The molecule has 1 unspecified atom stereocenters. The van der Waals surface area contributed by atoms with E-state index in [1.165, 1.54) is 5.56 Å². The van der Waals surface area contributed by atoms with Gasteiger partial charge in [0.1, 0.15) is 0 Å². The second-order valence-corrected chi connectivity index (χ2v) is 5.92. The number of nitrogens with one attached hydrogen (secondary N) is 1. The van der Waals surface area contributed by atoms with E-state index in [1.54, 1.807) is 6.07 Å². The van der Waals surface area contributed by atoms with Crippen LogP contribution >= 0.6 is 27.3 Å². The Hall–Kier alpha value is -1.24. The van der Waals surface area contributed by atoms with Crippen LogP contribution in [0.5, 0.6) is 0 Å². The quantitative estimate of drug-likeness (QED) is 0.653. The largest absolute Gasteiger partial charge is 0.324 e. The minimum absolute atomic E-state index is 0.175. The molecule has 100 valence electrons. The fourth-order valence-corrected chi connectivity index (χ4v) is 3.12. The van der Waals surface area contributed by atoms with E-state index in [1.807, 2.05) is 23.6 Å². The highest BCUT2D eigenvalue weighted by Crippen LogP contribution is 2.25. The minimum atomic E-state index is -0.356. The maximum absolute atomic E-state index is 10.6. The van der Waals surface area contributed by atoms with Crippen molar-refractivity contribution in [1.29, 1.82) is 0 Å². The summed E-state index contributed by atoms with van der Waals surface area (Å²) in [4.78, 5) is 10.3. The van der Waals surface area contributed by atoms with E-state index in [0.29, 0.717) is 6.54 Å². The molecule has 0 aliphatic rings. The minimum Gasteiger partial charge on any atom is -0.306 e. The number of hydrogen-bond acceptors (Lipinski definition) is 4. The van der Waals surface area contributed by atoms with Gasteiger partial charge in [0.25, 0.3) is 0 Å². The number of benzene rings is 1. The Morgan fingerprint density at radius 2 is 2.21 bits per heavy atom. The highest BCUT2D eigenvalue weighted by atomic mass is 79.9. The standard InChI is InChI=1S/C13H13BrN2O2S/c1-9(11-4-2-3-5-12(11)14)15-7-10-6-13(16(17)18)19-8-10/h2-6,8-9,15H,7H2,1H3. The van der Waals surface area contributed by atoms with Crippen LogP contribution in [0.2, 0.25) is 0 Å². The van der Waals surface area contributed by atoms with Crippen molar-refractivity contribution in [2.45, 2.75) is 19.5 Å². The number of nitrogens with zero attached hydrogens (tertiary/aromatic N) is 1. The third-order valence-electron chi connectivity index (χ3n) is 2.80. The van der Waals surface area contributed by atoms with Crippen LogP contribution < -0.4 is 5.32 Å². The van der Waals surface area contributed by atoms with Gasteiger partial charge >= 0.3 is 5.00 Å². The van der Waals surface area contributed by atoms with Gasteiger partial charge in [-0.15, -0.1) is 0 Å². The lowest BCUT2D eigenvalue weighted by Gasteiger charge is -2.15. The van der Waals surface area contributed by atoms with E-state index in [9.17, 15) is 10.1 Å². The Bertz CT molecular complexity index is 586. The van der Waals surface area contributed by atoms with Crippen LogP contribution in [0.25, 0.3) is 0 Å². The van der Waals surface area contributed by atoms with E-state index < -0.39 is 0 Å². The van der Waals surface area contributed by atoms with Gasteiger partial charge in [-0.2, -0.15) is 0 Å². The van der Waals surface area contributed by atoms with Crippen molar-refractivity contribution in [1.82, 2.24) is 5.32 Å². The first-order valence-corrected chi connectivity index (χ1v) is 7.45. The van der Waals surface area contributed by atoms with Crippen LogP contribution in [0.1, 0.15) is 24.1 Å². The fourth-order valence-electron chi connectivity index (χ4n) is 1.76. The summed E-state index contributed by atoms with van der Waals surface area (Å²) in [6.07, 6.45) is 0. The van der Waals surface area contributed by atoms with E-state index in [0.717, 1.165) is 21.4 Å². The number of thiophene rings is 1. The molecule has 0 fully saturated rings. The van der Waals surface area contributed by atoms with Crippen molar-refractivity contribution in [2.75, 3.05) is 0 Å². The summed E-state index contributed by atoms with van der Waals surface area (Å²) in [6.45, 7) is 2.69. The Kier molecular flexibility index (Phi) is 4.68. The Labute approximate surface area is 123 Å². The second kappa shape index (κ2) is 6.27. The van der Waals surface area contributed by atoms with Crippen molar-refractivity contribution < 1.29 is 4.92 Å². The molecule has 4 nitrogen and oxygen atoms in total. The second-order valence-electron chi connectivity index (χ2n) is 4.17. The topological polar surface area (TPSA) is 55.2 Å². The highest BCUT2D eigenvalue weighted by molar-refractivity contribution is 9.10. The smallest absolute Gasteiger partial charge is 0.306 e. The van der Waals surface area contributed by atoms with Crippen molar-refractivity contribution in [2.24, 2.45) is 0 Å². The summed E-state index contributed by atoms with van der Waals surface area (Å²) in [5, 5.41) is 16.0. The summed E-state index contributed by atoms with van der Waals surface area (Å²) in [5.41, 5.74) is 2.11. The third-order valence-corrected chi connectivity index (χ3v) is 4.46. The molecule has 1 atom stereocenters. The van der Waals surface area contributed by atoms with Gasteiger partial charge in [-0.1, -0.05) is 45.5 Å². The number of nitro groups is 1. The molecule has 0 radical (unpaired) electrons. The van der Waals surface area contributed by atoms with Crippen LogP contribution in [0, 0.1) is 10.1 Å². The van der Waals surface area contributed by atoms with Gasteiger partial charge in [0.2, 0.25) is 0 Å². The molecule has 19 heavy (non-hydrogen) atoms. The molecule has 0 amide bonds. The zero-order chi connectivity index (χ0) is 13.8. The molecule has 0 bridgehead atoms. The number of halogens is 1. The van der Waals surface area contributed by atoms with E-state index in [2.05, 4.69) is 34.2 Å². The Morgan fingerprint density at radius 3 is 2.84 bits per heavy atom. The molecule has 0 saturated heterocycles. The molecular weight excluding hydrogens is 328 g/mol. The van der Waals surface area contributed by atoms with Gasteiger partial charge in [-0.25, -0.2) is 0 Å². The third kappa shape index (κ3) is 3.62. The van der Waals surface area contributed by atoms with Crippen molar-refractivity contribution in [3.05, 3.63) is 61.4 Å². The zero-order valence-electron chi connectivity index (χ0n) is 10.3. The van der Waals surface area contributed by atoms with Gasteiger partial charge in [-0.05, 0) is 24.1 Å². The first-order chi connectivity index (χ1) is 9.08. The van der Waals surface area contributed by atoms with Gasteiger partial charge in [-0.3, -0.25) is 10.1 Å². The molecule has 1 heterocycles. The lowest BCUT2D eigenvalue weighted by molar-refractivity contribution is -0.380. The van der Waals surface area contributed by atoms with Crippen LogP contribution in [-0.2, 0) is 6.54 Å². The lowest BCUT2D eigenvalue weighted by atomic mass is 10.1. The number of hydrogen-bond donors (Lipinski definition) is 1. The van der Waals surface area contributed by atoms with Crippen LogP contribution in [0.3, 0.4) is 0 Å². The predicted octanol–water partition coefficient (Wildman–Crippen LogP) is 4.27. The molecule has 6 heteroatoms. The van der Waals surface area contributed by atoms with Crippen LogP contribution in [0.15, 0.2) is 40.2 Å².